The van der Waals surface area contributed by atoms with Crippen LogP contribution in [0.3, 0.4) is 0 Å². The van der Waals surface area contributed by atoms with Gasteiger partial charge in [-0.25, -0.2) is 0 Å². The SMILES string of the molecule is CN(C)CCCNC(=S)N(Cc1ccc2c(c1)OCO2)Cc1cc2cc3c(cc2[nH]c1=O)OCO3. The first-order valence-corrected chi connectivity index (χ1v) is 11.9. The summed E-state index contributed by atoms with van der Waals surface area (Å²) in [5.74, 6) is 2.75. The van der Waals surface area contributed by atoms with Crippen LogP contribution < -0.4 is 29.8 Å². The molecule has 3 aromatic rings. The molecule has 0 fully saturated rings. The number of pyridine rings is 1. The smallest absolute Gasteiger partial charge is 0.253 e. The molecule has 2 N–H and O–H groups in total. The predicted molar refractivity (Wildman–Crippen MR) is 136 cm³/mol. The van der Waals surface area contributed by atoms with Gasteiger partial charge in [0.15, 0.2) is 28.1 Å². The molecule has 3 heterocycles. The Labute approximate surface area is 208 Å². The normalized spacial score (nSPS) is 13.5. The number of aromatic amines is 1. The number of fused-ring (bicyclic) bond motifs is 3. The summed E-state index contributed by atoms with van der Waals surface area (Å²) >= 11 is 5.75. The standard InChI is InChI=1S/C25H28N4O5S/c1-28(2)7-3-6-26-25(35)29(12-16-4-5-20-21(8-16)32-14-31-20)13-18-9-17-10-22-23(34-15-33-22)11-19(17)27-24(18)30/h4-5,8-11H,3,6-7,12-15H2,1-2H3,(H,26,35)(H,27,30). The van der Waals surface area contributed by atoms with Gasteiger partial charge < -0.3 is 39.0 Å². The second-order valence-electron chi connectivity index (χ2n) is 8.85. The van der Waals surface area contributed by atoms with Gasteiger partial charge in [0.1, 0.15) is 0 Å². The van der Waals surface area contributed by atoms with E-state index in [4.69, 9.17) is 31.2 Å². The van der Waals surface area contributed by atoms with Gasteiger partial charge in [-0.3, -0.25) is 4.79 Å². The Bertz CT molecular complexity index is 1310. The van der Waals surface area contributed by atoms with Crippen LogP contribution >= 0.6 is 12.2 Å². The molecule has 0 spiro atoms. The van der Waals surface area contributed by atoms with E-state index in [0.29, 0.717) is 46.5 Å². The minimum Gasteiger partial charge on any atom is -0.454 e. The summed E-state index contributed by atoms with van der Waals surface area (Å²) in [6, 6.07) is 11.4. The molecule has 2 aliphatic heterocycles. The van der Waals surface area contributed by atoms with Crippen molar-refractivity contribution in [2.45, 2.75) is 19.5 Å². The van der Waals surface area contributed by atoms with Crippen LogP contribution in [0.25, 0.3) is 10.9 Å². The van der Waals surface area contributed by atoms with Crippen LogP contribution in [0.4, 0.5) is 0 Å². The lowest BCUT2D eigenvalue weighted by molar-refractivity contribution is 0.173. The lowest BCUT2D eigenvalue weighted by Gasteiger charge is -2.26. The molecule has 0 amide bonds. The van der Waals surface area contributed by atoms with Gasteiger partial charge in [0.05, 0.1) is 12.1 Å². The van der Waals surface area contributed by atoms with Crippen molar-refractivity contribution in [3.63, 3.8) is 0 Å². The van der Waals surface area contributed by atoms with Gasteiger partial charge in [-0.05, 0) is 69.1 Å². The molecular weight excluding hydrogens is 468 g/mol. The maximum Gasteiger partial charge on any atom is 0.253 e. The van der Waals surface area contributed by atoms with Crippen molar-refractivity contribution >= 4 is 28.2 Å². The quantitative estimate of drug-likeness (QED) is 0.361. The number of benzene rings is 2. The van der Waals surface area contributed by atoms with Crippen molar-refractivity contribution in [2.75, 3.05) is 40.8 Å². The molecule has 10 heteroatoms. The second kappa shape index (κ2) is 10.0. The topological polar surface area (TPSA) is 88.3 Å². The Morgan fingerprint density at radius 1 is 0.971 bits per heavy atom. The van der Waals surface area contributed by atoms with Gasteiger partial charge in [0, 0.05) is 30.1 Å². The molecule has 2 aromatic carbocycles. The highest BCUT2D eigenvalue weighted by atomic mass is 32.1. The van der Waals surface area contributed by atoms with Crippen molar-refractivity contribution < 1.29 is 18.9 Å². The minimum absolute atomic E-state index is 0.164. The molecule has 2 aliphatic rings. The highest BCUT2D eigenvalue weighted by molar-refractivity contribution is 7.80. The van der Waals surface area contributed by atoms with Crippen LogP contribution in [-0.2, 0) is 13.1 Å². The van der Waals surface area contributed by atoms with Crippen LogP contribution in [0.15, 0.2) is 41.2 Å². The largest absolute Gasteiger partial charge is 0.454 e. The zero-order valence-electron chi connectivity index (χ0n) is 19.8. The summed E-state index contributed by atoms with van der Waals surface area (Å²) < 4.78 is 21.9. The summed E-state index contributed by atoms with van der Waals surface area (Å²) in [6.07, 6.45) is 0.953. The zero-order valence-corrected chi connectivity index (χ0v) is 20.6. The van der Waals surface area contributed by atoms with E-state index in [1.807, 2.05) is 49.3 Å². The van der Waals surface area contributed by atoms with Gasteiger partial charge in [-0.2, -0.15) is 0 Å². The molecule has 35 heavy (non-hydrogen) atoms. The molecule has 9 nitrogen and oxygen atoms in total. The van der Waals surface area contributed by atoms with Gasteiger partial charge >= 0.3 is 0 Å². The van der Waals surface area contributed by atoms with Gasteiger partial charge in [0.25, 0.3) is 5.56 Å². The number of rotatable bonds is 8. The van der Waals surface area contributed by atoms with E-state index in [0.717, 1.165) is 36.2 Å². The molecule has 0 aliphatic carbocycles. The lowest BCUT2D eigenvalue weighted by atomic mass is 10.1. The maximum atomic E-state index is 13.0. The fourth-order valence-corrected chi connectivity index (χ4v) is 4.36. The van der Waals surface area contributed by atoms with Crippen molar-refractivity contribution in [1.82, 2.24) is 20.1 Å². The van der Waals surface area contributed by atoms with Crippen molar-refractivity contribution in [2.24, 2.45) is 0 Å². The van der Waals surface area contributed by atoms with Gasteiger partial charge in [0.2, 0.25) is 13.6 Å². The van der Waals surface area contributed by atoms with Crippen molar-refractivity contribution in [3.8, 4) is 23.0 Å². The first-order valence-electron chi connectivity index (χ1n) is 11.5. The predicted octanol–water partition coefficient (Wildman–Crippen LogP) is 2.81. The number of aromatic nitrogens is 1. The summed E-state index contributed by atoms with van der Waals surface area (Å²) in [4.78, 5) is 20.1. The lowest BCUT2D eigenvalue weighted by Crippen LogP contribution is -2.40. The molecule has 1 aromatic heterocycles. The van der Waals surface area contributed by atoms with E-state index in [2.05, 4.69) is 15.2 Å². The number of ether oxygens (including phenoxy) is 4. The second-order valence-corrected chi connectivity index (χ2v) is 9.24. The van der Waals surface area contributed by atoms with E-state index in [9.17, 15) is 4.79 Å². The Kier molecular flexibility index (Phi) is 6.65. The zero-order chi connectivity index (χ0) is 24.4. The Morgan fingerprint density at radius 2 is 1.69 bits per heavy atom. The van der Waals surface area contributed by atoms with Crippen LogP contribution in [0.5, 0.6) is 23.0 Å². The highest BCUT2D eigenvalue weighted by Gasteiger charge is 2.19. The van der Waals surface area contributed by atoms with Crippen LogP contribution in [-0.4, -0.2) is 60.7 Å². The fourth-order valence-electron chi connectivity index (χ4n) is 4.13. The Balaban J connectivity index is 1.39. The molecular formula is C25H28N4O5S. The van der Waals surface area contributed by atoms with E-state index in [-0.39, 0.29) is 19.1 Å². The molecule has 184 valence electrons. The summed E-state index contributed by atoms with van der Waals surface area (Å²) in [7, 11) is 4.09. The van der Waals surface area contributed by atoms with E-state index >= 15 is 0 Å². The number of hydrogen-bond donors (Lipinski definition) is 2. The number of H-pyrrole nitrogens is 1. The van der Waals surface area contributed by atoms with Crippen LogP contribution in [0.1, 0.15) is 17.5 Å². The monoisotopic (exact) mass is 496 g/mol. The third kappa shape index (κ3) is 5.28. The third-order valence-electron chi connectivity index (χ3n) is 5.93. The molecule has 0 saturated carbocycles. The van der Waals surface area contributed by atoms with E-state index < -0.39 is 0 Å². The maximum absolute atomic E-state index is 13.0. The van der Waals surface area contributed by atoms with Crippen molar-refractivity contribution in [3.05, 3.63) is 57.9 Å². The number of nitrogens with zero attached hydrogens (tertiary/aromatic N) is 2. The summed E-state index contributed by atoms with van der Waals surface area (Å²) in [6.45, 7) is 2.95. The summed E-state index contributed by atoms with van der Waals surface area (Å²) in [5, 5.41) is 4.81. The summed E-state index contributed by atoms with van der Waals surface area (Å²) in [5.41, 5.74) is 2.15. The Hall–Kier alpha value is -3.50. The van der Waals surface area contributed by atoms with Crippen LogP contribution in [0, 0.1) is 0 Å². The van der Waals surface area contributed by atoms with Gasteiger partial charge in [-0.1, -0.05) is 6.07 Å². The van der Waals surface area contributed by atoms with Crippen LogP contribution in [0.2, 0.25) is 0 Å². The first-order chi connectivity index (χ1) is 17.0. The average molecular weight is 497 g/mol. The third-order valence-corrected chi connectivity index (χ3v) is 6.33. The highest BCUT2D eigenvalue weighted by Crippen LogP contribution is 2.35. The molecule has 0 saturated heterocycles. The number of hydrogen-bond acceptors (Lipinski definition) is 7. The Morgan fingerprint density at radius 3 is 2.46 bits per heavy atom. The minimum atomic E-state index is -0.164. The molecule has 0 atom stereocenters. The van der Waals surface area contributed by atoms with E-state index in [1.54, 1.807) is 6.07 Å². The molecule has 0 unspecified atom stereocenters. The number of nitrogens with one attached hydrogen (secondary N) is 2. The fraction of sp³-hybridized carbons (Fsp3) is 0.360. The van der Waals surface area contributed by atoms with E-state index in [1.165, 1.54) is 0 Å². The average Bonchev–Trinajstić information content (AvgIpc) is 3.48. The molecule has 5 rings (SSSR count). The first kappa shape index (κ1) is 23.3. The van der Waals surface area contributed by atoms with Gasteiger partial charge in [-0.15, -0.1) is 0 Å². The molecule has 0 radical (unpaired) electrons. The molecule has 0 bridgehead atoms. The number of thiocarbonyl (C=S) groups is 1. The van der Waals surface area contributed by atoms with Crippen molar-refractivity contribution in [1.29, 1.82) is 0 Å².